The first-order valence-electron chi connectivity index (χ1n) is 34.8. The second kappa shape index (κ2) is 52.6. The van der Waals surface area contributed by atoms with Gasteiger partial charge < -0.3 is 99.4 Å². The zero-order chi connectivity index (χ0) is 69.4. The van der Waals surface area contributed by atoms with Gasteiger partial charge in [0.05, 0.1) is 139 Å². The van der Waals surface area contributed by atoms with E-state index < -0.39 is 25.6 Å². The maximum Gasteiger partial charge on any atom is 0.324 e. The number of nitrogens with zero attached hydrogens (tertiary/aromatic N) is 2. The van der Waals surface area contributed by atoms with Gasteiger partial charge in [0.25, 0.3) is 0 Å². The van der Waals surface area contributed by atoms with E-state index >= 15 is 0 Å². The van der Waals surface area contributed by atoms with Crippen LogP contribution in [0.1, 0.15) is 159 Å². The molecule has 0 spiro atoms. The molecule has 4 rings (SSSR count). The zero-order valence-electron chi connectivity index (χ0n) is 58.0. The summed E-state index contributed by atoms with van der Waals surface area (Å²) in [7, 11) is 4.21. The molecule has 5 unspecified atom stereocenters. The molecule has 2 bridgehead atoms. The molecule has 5 atom stereocenters. The van der Waals surface area contributed by atoms with Crippen LogP contribution < -0.4 is 10.1 Å². The molecule has 3 heterocycles. The topological polar surface area (TPSA) is 278 Å². The van der Waals surface area contributed by atoms with Gasteiger partial charge in [0.1, 0.15) is 11.9 Å². The number of unbranched alkanes of at least 4 members (excludes halogenated alkanes) is 12. The standard InChI is InChI=1S/C65H118N3O22P3S3/c1-56-23-24-61(75-2)57(50-56)51-64(71)90-60-52-58-20-19-21-59(53-60)68(58)29-17-13-9-6-5-8-12-16-28-66-62(69)25-33-79-35-37-80-36-34-78-32-18-14-10-7-11-15-22-63(70)67-30-26-65(27-31-67,54-88-92(73,95)77-4)55-89-93(74,96)87-49-47-85-45-43-83-41-39-81-38-40-82-42-44-84-46-48-86-91(72,94)76-3/h23-24,50,58-60H,5-22,25-49,51-55H2,1-4H3,(H,66,69)(H,72,94)(H,73,95)(H,74,96). The number of amides is 2. The summed E-state index contributed by atoms with van der Waals surface area (Å²) in [4.78, 5) is 73.7. The van der Waals surface area contributed by atoms with Gasteiger partial charge in [0, 0.05) is 89.2 Å². The minimum atomic E-state index is -3.67. The molecule has 3 saturated heterocycles. The fraction of sp³-hybridized carbons (Fsp3) is 0.862. The minimum Gasteiger partial charge on any atom is -0.496 e. The quantitative estimate of drug-likeness (QED) is 0.0268. The smallest absolute Gasteiger partial charge is 0.324 e. The maximum atomic E-state index is 13.2. The molecule has 4 N–H and O–H groups in total. The summed E-state index contributed by atoms with van der Waals surface area (Å²) in [5, 5.41) is 3.02. The number of methoxy groups -OCH3 is 1. The molecule has 3 aliphatic rings. The number of rotatable bonds is 61. The Morgan fingerprint density at radius 1 is 0.542 bits per heavy atom. The number of esters is 1. The van der Waals surface area contributed by atoms with Crippen molar-refractivity contribution in [3.05, 3.63) is 29.3 Å². The molecule has 3 aliphatic heterocycles. The summed E-state index contributed by atoms with van der Waals surface area (Å²) < 4.78 is 87.5. The Balaban J connectivity index is 0.873. The summed E-state index contributed by atoms with van der Waals surface area (Å²) in [6.45, 7) is 0.757. The van der Waals surface area contributed by atoms with Gasteiger partial charge in [-0.05, 0) is 106 Å². The third-order valence-corrected chi connectivity index (χ3v) is 22.1. The molecular weight excluding hydrogens is 1360 g/mol. The van der Waals surface area contributed by atoms with Crippen molar-refractivity contribution in [3.8, 4) is 5.75 Å². The molecule has 25 nitrogen and oxygen atoms in total. The summed E-state index contributed by atoms with van der Waals surface area (Å²) in [6.07, 6.45) is 22.9. The van der Waals surface area contributed by atoms with Crippen molar-refractivity contribution in [2.24, 2.45) is 5.41 Å². The van der Waals surface area contributed by atoms with E-state index in [0.717, 1.165) is 87.6 Å². The Kier molecular flexibility index (Phi) is 47.7. The number of fused-ring (bicyclic) bond motifs is 2. The molecule has 1 aromatic carbocycles. The molecule has 0 radical (unpaired) electrons. The first-order chi connectivity index (χ1) is 46.4. The average Bonchev–Trinajstić information content (AvgIpc) is 0.831. The van der Waals surface area contributed by atoms with Gasteiger partial charge in [0.15, 0.2) is 0 Å². The third-order valence-electron chi connectivity index (χ3n) is 17.1. The highest BCUT2D eigenvalue weighted by atomic mass is 32.5. The normalized spacial score (nSPS) is 19.2. The van der Waals surface area contributed by atoms with E-state index in [2.05, 4.69) is 14.7 Å². The Hall–Kier alpha value is -1.34. The number of benzene rings is 1. The molecule has 0 saturated carbocycles. The average molecular weight is 1480 g/mol. The summed E-state index contributed by atoms with van der Waals surface area (Å²) >= 11 is 15.1. The predicted molar refractivity (Wildman–Crippen MR) is 378 cm³/mol. The van der Waals surface area contributed by atoms with Crippen LogP contribution in [-0.4, -0.2) is 240 Å². The Bertz CT molecular complexity index is 2380. The molecule has 0 aliphatic carbocycles. The van der Waals surface area contributed by atoms with Gasteiger partial charge in [-0.25, -0.2) is 0 Å². The van der Waals surface area contributed by atoms with Crippen LogP contribution in [0.4, 0.5) is 0 Å². The Labute approximate surface area is 588 Å². The highest BCUT2D eigenvalue weighted by molar-refractivity contribution is 8.07. The van der Waals surface area contributed by atoms with Crippen molar-refractivity contribution in [2.45, 2.75) is 179 Å². The van der Waals surface area contributed by atoms with E-state index in [1.54, 1.807) is 7.11 Å². The van der Waals surface area contributed by atoms with Gasteiger partial charge in [-0.15, -0.1) is 0 Å². The van der Waals surface area contributed by atoms with Gasteiger partial charge in [0.2, 0.25) is 11.8 Å². The number of aryl methyl sites for hydroxylation is 1. The largest absolute Gasteiger partial charge is 0.496 e. The van der Waals surface area contributed by atoms with Crippen LogP contribution in [0.25, 0.3) is 0 Å². The molecule has 3 fully saturated rings. The fourth-order valence-electron chi connectivity index (χ4n) is 11.7. The number of ether oxygens (including phenoxy) is 10. The van der Waals surface area contributed by atoms with Crippen molar-refractivity contribution in [1.82, 2.24) is 15.1 Å². The fourth-order valence-corrected chi connectivity index (χ4v) is 14.2. The molecule has 96 heavy (non-hydrogen) atoms. The molecular formula is C65H118N3O22P3S3. The van der Waals surface area contributed by atoms with Crippen LogP contribution in [0.5, 0.6) is 5.75 Å². The van der Waals surface area contributed by atoms with Crippen LogP contribution in [0.2, 0.25) is 0 Å². The highest BCUT2D eigenvalue weighted by Crippen LogP contribution is 2.50. The number of carbonyl (C=O) groups excluding carboxylic acids is 3. The van der Waals surface area contributed by atoms with Crippen LogP contribution in [0.3, 0.4) is 0 Å². The van der Waals surface area contributed by atoms with Crippen LogP contribution in [0, 0.1) is 12.3 Å². The Morgan fingerprint density at radius 2 is 0.990 bits per heavy atom. The van der Waals surface area contributed by atoms with Gasteiger partial charge >= 0.3 is 26.1 Å². The zero-order valence-corrected chi connectivity index (χ0v) is 63.1. The molecule has 1 aromatic rings. The SMILES string of the molecule is COc1ccc(C)cc1CC(=O)OC1CC2CCCC(C1)N2CCCCCCCCCCNC(=O)CCOCCOCCOCCCCCCCCC(=O)N1CCC(COP(O)(=S)OC)(COP(O)(=S)OCCOCCOCCOCCOCCOCCOP(O)(=S)OC)CC1. The highest BCUT2D eigenvalue weighted by Gasteiger charge is 2.41. The molecule has 0 aromatic heterocycles. The van der Waals surface area contributed by atoms with Crippen molar-refractivity contribution in [3.63, 3.8) is 0 Å². The number of hydrogen-bond acceptors (Lipinski definition) is 23. The van der Waals surface area contributed by atoms with E-state index in [0.29, 0.717) is 150 Å². The van der Waals surface area contributed by atoms with Crippen molar-refractivity contribution < 1.29 is 104 Å². The van der Waals surface area contributed by atoms with Crippen LogP contribution in [0.15, 0.2) is 18.2 Å². The molecule has 558 valence electrons. The van der Waals surface area contributed by atoms with Crippen LogP contribution in [-0.2, 0) is 126 Å². The second-order valence-electron chi connectivity index (χ2n) is 24.6. The van der Waals surface area contributed by atoms with Crippen LogP contribution >= 0.6 is 20.2 Å². The first-order valence-corrected chi connectivity index (χ1v) is 42.6. The lowest BCUT2D eigenvalue weighted by molar-refractivity contribution is -0.154. The summed E-state index contributed by atoms with van der Waals surface area (Å²) in [6, 6.07) is 6.95. The monoisotopic (exact) mass is 1480 g/mol. The second-order valence-corrected chi connectivity index (χ2v) is 33.3. The lowest BCUT2D eigenvalue weighted by Crippen LogP contribution is -2.54. The number of piperidine rings is 3. The van der Waals surface area contributed by atoms with Gasteiger partial charge in [-0.2, -0.15) is 0 Å². The van der Waals surface area contributed by atoms with Crippen molar-refractivity contribution >= 4 is 73.4 Å². The number of likely N-dealkylation sites (tertiary alicyclic amines) is 1. The Morgan fingerprint density at radius 3 is 1.52 bits per heavy atom. The first kappa shape index (κ1) is 87.1. The third kappa shape index (κ3) is 41.1. The minimum absolute atomic E-state index is 0.00326. The predicted octanol–water partition coefficient (Wildman–Crippen LogP) is 9.58. The molecule has 31 heteroatoms. The van der Waals surface area contributed by atoms with E-state index in [1.807, 2.05) is 30.0 Å². The summed E-state index contributed by atoms with van der Waals surface area (Å²) in [5.41, 5.74) is 1.29. The van der Waals surface area contributed by atoms with E-state index in [1.165, 1.54) is 72.0 Å². The van der Waals surface area contributed by atoms with Gasteiger partial charge in [-0.3, -0.25) is 19.3 Å². The van der Waals surface area contributed by atoms with E-state index in [9.17, 15) is 29.1 Å². The number of hydrogen-bond donors (Lipinski definition) is 4. The van der Waals surface area contributed by atoms with Crippen molar-refractivity contribution in [2.75, 3.05) is 180 Å². The molecule has 2 amide bonds. The van der Waals surface area contributed by atoms with E-state index in [4.69, 9.17) is 105 Å². The van der Waals surface area contributed by atoms with Crippen molar-refractivity contribution in [1.29, 1.82) is 0 Å². The maximum absolute atomic E-state index is 13.2. The van der Waals surface area contributed by atoms with Gasteiger partial charge in [-0.1, -0.05) is 88.3 Å². The number of nitrogens with one attached hydrogen (secondary N) is 1. The summed E-state index contributed by atoms with van der Waals surface area (Å²) in [5.74, 6) is 0.683. The van der Waals surface area contributed by atoms with E-state index in [-0.39, 0.29) is 69.9 Å². The number of carbonyl (C=O) groups is 3. The lowest BCUT2D eigenvalue weighted by Gasteiger charge is -2.48. The lowest BCUT2D eigenvalue weighted by atomic mass is 9.80.